The molecule has 1 aliphatic carbocycles. The third-order valence-corrected chi connectivity index (χ3v) is 4.80. The molecule has 1 unspecified atom stereocenters. The van der Waals surface area contributed by atoms with E-state index in [1.54, 1.807) is 0 Å². The third kappa shape index (κ3) is 4.45. The van der Waals surface area contributed by atoms with Crippen molar-refractivity contribution < 1.29 is 14.3 Å². The number of esters is 1. The van der Waals surface area contributed by atoms with E-state index in [4.69, 9.17) is 4.74 Å². The maximum Gasteiger partial charge on any atom is 0.328 e. The molecule has 0 aromatic heterocycles. The normalized spacial score (nSPS) is 25.0. The molecule has 0 N–H and O–H groups in total. The van der Waals surface area contributed by atoms with Gasteiger partial charge >= 0.3 is 5.97 Å². The summed E-state index contributed by atoms with van der Waals surface area (Å²) in [5.74, 6) is 0.117. The summed E-state index contributed by atoms with van der Waals surface area (Å²) in [6.45, 7) is 2.93. The number of ether oxygens (including phenoxy) is 1. The highest BCUT2D eigenvalue weighted by atomic mass is 16.5. The Balaban J connectivity index is 2.01. The van der Waals surface area contributed by atoms with E-state index in [9.17, 15) is 9.59 Å². The van der Waals surface area contributed by atoms with Gasteiger partial charge in [0.25, 0.3) is 0 Å². The number of carbonyl (C=O) groups is 2. The fourth-order valence-corrected chi connectivity index (χ4v) is 3.62. The predicted octanol–water partition coefficient (Wildman–Crippen LogP) is 3.29. The van der Waals surface area contributed by atoms with Gasteiger partial charge in [0.2, 0.25) is 5.91 Å². The number of hydrogen-bond acceptors (Lipinski definition) is 3. The van der Waals surface area contributed by atoms with Crippen LogP contribution in [0.15, 0.2) is 0 Å². The summed E-state index contributed by atoms with van der Waals surface area (Å²) in [6, 6.07) is -0.336. The minimum absolute atomic E-state index is 0.125. The zero-order chi connectivity index (χ0) is 15.1. The van der Waals surface area contributed by atoms with Gasteiger partial charge in [0.05, 0.1) is 6.61 Å². The lowest BCUT2D eigenvalue weighted by Crippen LogP contribution is -2.50. The van der Waals surface area contributed by atoms with E-state index >= 15 is 0 Å². The molecular formula is C17H29NO3. The molecule has 2 aliphatic rings. The number of piperidine rings is 1. The van der Waals surface area contributed by atoms with Crippen LogP contribution in [0.5, 0.6) is 0 Å². The van der Waals surface area contributed by atoms with E-state index in [0.717, 1.165) is 51.5 Å². The van der Waals surface area contributed by atoms with Crippen molar-refractivity contribution in [1.82, 2.24) is 4.90 Å². The summed E-state index contributed by atoms with van der Waals surface area (Å²) in [7, 11) is 0. The first-order valence-electron chi connectivity index (χ1n) is 8.71. The smallest absolute Gasteiger partial charge is 0.328 e. The number of likely N-dealkylation sites (tertiary alicyclic amines) is 1. The average Bonchev–Trinajstić information content (AvgIpc) is 2.46. The zero-order valence-corrected chi connectivity index (χ0v) is 13.3. The van der Waals surface area contributed by atoms with Crippen molar-refractivity contribution in [2.75, 3.05) is 13.2 Å². The lowest BCUT2D eigenvalue weighted by molar-refractivity contribution is -0.158. The topological polar surface area (TPSA) is 46.6 Å². The highest BCUT2D eigenvalue weighted by molar-refractivity contribution is 5.86. The second-order valence-electron chi connectivity index (χ2n) is 6.34. The molecule has 0 spiro atoms. The van der Waals surface area contributed by atoms with Crippen molar-refractivity contribution >= 4 is 11.9 Å². The van der Waals surface area contributed by atoms with E-state index in [1.807, 2.05) is 11.8 Å². The monoisotopic (exact) mass is 295 g/mol. The lowest BCUT2D eigenvalue weighted by atomic mass is 9.89. The van der Waals surface area contributed by atoms with Gasteiger partial charge in [0, 0.05) is 12.5 Å². The van der Waals surface area contributed by atoms with Crippen molar-refractivity contribution in [2.24, 2.45) is 5.92 Å². The number of hydrogen-bond donors (Lipinski definition) is 0. The van der Waals surface area contributed by atoms with Crippen LogP contribution in [-0.4, -0.2) is 36.0 Å². The molecule has 4 nitrogen and oxygen atoms in total. The van der Waals surface area contributed by atoms with Gasteiger partial charge < -0.3 is 9.64 Å². The van der Waals surface area contributed by atoms with Gasteiger partial charge in [-0.15, -0.1) is 0 Å². The molecule has 4 heteroatoms. The average molecular weight is 295 g/mol. The van der Waals surface area contributed by atoms with Crippen LogP contribution in [0.3, 0.4) is 0 Å². The first kappa shape index (κ1) is 16.3. The molecule has 2 fully saturated rings. The van der Waals surface area contributed by atoms with E-state index in [2.05, 4.69) is 0 Å². The molecule has 120 valence electrons. The molecule has 0 bridgehead atoms. The summed E-state index contributed by atoms with van der Waals surface area (Å²) >= 11 is 0. The van der Waals surface area contributed by atoms with Crippen LogP contribution < -0.4 is 0 Å². The maximum absolute atomic E-state index is 12.9. The SMILES string of the molecule is CCOC(=O)C1CCCCN1C(=O)C1CCCCCCC1. The molecule has 2 rings (SSSR count). The minimum atomic E-state index is -0.336. The molecule has 1 atom stereocenters. The Morgan fingerprint density at radius 2 is 1.57 bits per heavy atom. The van der Waals surface area contributed by atoms with E-state index in [-0.39, 0.29) is 23.8 Å². The van der Waals surface area contributed by atoms with Crippen LogP contribution in [-0.2, 0) is 14.3 Å². The predicted molar refractivity (Wildman–Crippen MR) is 81.8 cm³/mol. The summed E-state index contributed by atoms with van der Waals surface area (Å²) in [6.07, 6.45) is 10.8. The molecule has 1 amide bonds. The van der Waals surface area contributed by atoms with Gasteiger partial charge in [-0.05, 0) is 39.0 Å². The summed E-state index contributed by atoms with van der Waals surface area (Å²) in [5, 5.41) is 0. The second-order valence-corrected chi connectivity index (χ2v) is 6.34. The highest BCUT2D eigenvalue weighted by Crippen LogP contribution is 2.27. The summed E-state index contributed by atoms with van der Waals surface area (Å²) in [4.78, 5) is 26.8. The Labute approximate surface area is 128 Å². The van der Waals surface area contributed by atoms with Crippen LogP contribution in [0.1, 0.15) is 71.1 Å². The molecule has 0 radical (unpaired) electrons. The van der Waals surface area contributed by atoms with Gasteiger partial charge in [-0.2, -0.15) is 0 Å². The molecule has 21 heavy (non-hydrogen) atoms. The number of nitrogens with zero attached hydrogens (tertiary/aromatic N) is 1. The van der Waals surface area contributed by atoms with E-state index in [0.29, 0.717) is 6.61 Å². The van der Waals surface area contributed by atoms with E-state index in [1.165, 1.54) is 19.3 Å². The van der Waals surface area contributed by atoms with Gasteiger partial charge in [-0.1, -0.05) is 32.1 Å². The highest BCUT2D eigenvalue weighted by Gasteiger charge is 2.35. The van der Waals surface area contributed by atoms with Crippen LogP contribution in [0, 0.1) is 5.92 Å². The van der Waals surface area contributed by atoms with E-state index < -0.39 is 0 Å². The minimum Gasteiger partial charge on any atom is -0.464 e. The quantitative estimate of drug-likeness (QED) is 0.751. The summed E-state index contributed by atoms with van der Waals surface area (Å²) in [5.41, 5.74) is 0. The first-order valence-corrected chi connectivity index (χ1v) is 8.71. The van der Waals surface area contributed by atoms with Crippen molar-refractivity contribution in [3.8, 4) is 0 Å². The fourth-order valence-electron chi connectivity index (χ4n) is 3.62. The largest absolute Gasteiger partial charge is 0.464 e. The van der Waals surface area contributed by atoms with Crippen LogP contribution in [0.2, 0.25) is 0 Å². The van der Waals surface area contributed by atoms with Gasteiger partial charge in [-0.3, -0.25) is 4.79 Å². The number of amides is 1. The van der Waals surface area contributed by atoms with Crippen molar-refractivity contribution in [3.05, 3.63) is 0 Å². The zero-order valence-electron chi connectivity index (χ0n) is 13.3. The van der Waals surface area contributed by atoms with Crippen LogP contribution >= 0.6 is 0 Å². The van der Waals surface area contributed by atoms with Gasteiger partial charge in [0.1, 0.15) is 6.04 Å². The van der Waals surface area contributed by atoms with Crippen molar-refractivity contribution in [2.45, 2.75) is 77.2 Å². The standard InChI is InChI=1S/C17H29NO3/c1-2-21-17(20)15-12-8-9-13-18(15)16(19)14-10-6-4-3-5-7-11-14/h14-15H,2-13H2,1H3. The summed E-state index contributed by atoms with van der Waals surface area (Å²) < 4.78 is 5.16. The van der Waals surface area contributed by atoms with Gasteiger partial charge in [0.15, 0.2) is 0 Å². The Bertz CT molecular complexity index is 348. The second kappa shape index (κ2) is 8.40. The molecular weight excluding hydrogens is 266 g/mol. The molecule has 1 heterocycles. The first-order chi connectivity index (χ1) is 10.2. The molecule has 1 saturated heterocycles. The van der Waals surface area contributed by atoms with Gasteiger partial charge in [-0.25, -0.2) is 4.79 Å². The van der Waals surface area contributed by atoms with Crippen LogP contribution in [0.4, 0.5) is 0 Å². The Kier molecular flexibility index (Phi) is 6.52. The molecule has 0 aromatic rings. The molecule has 1 aliphatic heterocycles. The molecule has 1 saturated carbocycles. The number of carbonyl (C=O) groups excluding carboxylic acids is 2. The van der Waals surface area contributed by atoms with Crippen molar-refractivity contribution in [3.63, 3.8) is 0 Å². The Morgan fingerprint density at radius 3 is 2.24 bits per heavy atom. The number of rotatable bonds is 3. The fraction of sp³-hybridized carbons (Fsp3) is 0.882. The Hall–Kier alpha value is -1.06. The molecule has 0 aromatic carbocycles. The maximum atomic E-state index is 12.9. The van der Waals surface area contributed by atoms with Crippen LogP contribution in [0.25, 0.3) is 0 Å². The Morgan fingerprint density at radius 1 is 0.952 bits per heavy atom. The van der Waals surface area contributed by atoms with Crippen molar-refractivity contribution in [1.29, 1.82) is 0 Å². The third-order valence-electron chi connectivity index (χ3n) is 4.80. The lowest BCUT2D eigenvalue weighted by Gasteiger charge is -2.36.